The molecule has 1 amide bonds. The number of carbonyl (C=O) groups is 1. The molecule has 1 heterocycles. The second kappa shape index (κ2) is 5.96. The number of hydrogen-bond acceptors (Lipinski definition) is 4. The summed E-state index contributed by atoms with van der Waals surface area (Å²) in [5.41, 5.74) is 2.63. The van der Waals surface area contributed by atoms with Crippen LogP contribution < -0.4 is 11.0 Å². The number of nitrogens with zero attached hydrogens (tertiary/aromatic N) is 2. The maximum absolute atomic E-state index is 11.9. The smallest absolute Gasteiger partial charge is 0.325 e. The summed E-state index contributed by atoms with van der Waals surface area (Å²) in [6, 6.07) is 5.90. The zero-order valence-electron chi connectivity index (χ0n) is 11.6. The van der Waals surface area contributed by atoms with Crippen LogP contribution in [-0.4, -0.2) is 26.4 Å². The topological polar surface area (TPSA) is 79.8 Å². The molecule has 20 heavy (non-hydrogen) atoms. The number of rotatable bonds is 4. The number of aromatic nitrogens is 3. The molecule has 0 bridgehead atoms. The Morgan fingerprint density at radius 1 is 1.45 bits per heavy atom. The third kappa shape index (κ3) is 3.30. The molecule has 2 N–H and O–H groups in total. The van der Waals surface area contributed by atoms with E-state index in [1.54, 1.807) is 7.05 Å². The van der Waals surface area contributed by atoms with Crippen LogP contribution in [0.2, 0.25) is 0 Å². The van der Waals surface area contributed by atoms with Crippen LogP contribution in [0.5, 0.6) is 0 Å². The van der Waals surface area contributed by atoms with Crippen molar-refractivity contribution in [3.8, 4) is 0 Å². The van der Waals surface area contributed by atoms with E-state index < -0.39 is 0 Å². The predicted molar refractivity (Wildman–Crippen MR) is 79.1 cm³/mol. The Balaban J connectivity index is 1.97. The molecule has 0 saturated heterocycles. The average Bonchev–Trinajstić information content (AvgIpc) is 2.72. The van der Waals surface area contributed by atoms with Crippen molar-refractivity contribution in [3.05, 3.63) is 39.8 Å². The molecule has 0 aliphatic heterocycles. The molecule has 1 aromatic heterocycles. The molecule has 0 aliphatic carbocycles. The molecule has 0 unspecified atom stereocenters. The average molecular weight is 292 g/mol. The molecule has 0 fully saturated rings. The van der Waals surface area contributed by atoms with Crippen LogP contribution in [0.25, 0.3) is 0 Å². The van der Waals surface area contributed by atoms with E-state index in [-0.39, 0.29) is 17.3 Å². The standard InChI is InChI=1S/C13H16N4O2S/c1-8-4-5-9(2)10(6-8)14-11(18)7-20-13-16-15-12(19)17(13)3/h4-6H,7H2,1-3H3,(H,14,18)(H,15,19). The molecule has 106 valence electrons. The minimum absolute atomic E-state index is 0.126. The van der Waals surface area contributed by atoms with Crippen LogP contribution in [0, 0.1) is 13.8 Å². The first kappa shape index (κ1) is 14.4. The van der Waals surface area contributed by atoms with Crippen molar-refractivity contribution in [1.82, 2.24) is 14.8 Å². The molecule has 0 spiro atoms. The van der Waals surface area contributed by atoms with E-state index >= 15 is 0 Å². The van der Waals surface area contributed by atoms with Gasteiger partial charge in [-0.2, -0.15) is 0 Å². The van der Waals surface area contributed by atoms with Crippen LogP contribution in [0.4, 0.5) is 5.69 Å². The highest BCUT2D eigenvalue weighted by molar-refractivity contribution is 7.99. The lowest BCUT2D eigenvalue weighted by Crippen LogP contribution is -2.16. The Kier molecular flexibility index (Phi) is 4.29. The van der Waals surface area contributed by atoms with Crippen molar-refractivity contribution in [2.75, 3.05) is 11.1 Å². The van der Waals surface area contributed by atoms with E-state index in [1.807, 2.05) is 32.0 Å². The van der Waals surface area contributed by atoms with E-state index in [4.69, 9.17) is 0 Å². The van der Waals surface area contributed by atoms with Gasteiger partial charge in [0.05, 0.1) is 5.75 Å². The lowest BCUT2D eigenvalue weighted by Gasteiger charge is -2.08. The van der Waals surface area contributed by atoms with Crippen LogP contribution in [0.1, 0.15) is 11.1 Å². The molecule has 2 rings (SSSR count). The Hall–Kier alpha value is -2.02. The molecular weight excluding hydrogens is 276 g/mol. The molecule has 7 heteroatoms. The Morgan fingerprint density at radius 2 is 2.20 bits per heavy atom. The summed E-state index contributed by atoms with van der Waals surface area (Å²) in [5.74, 6) is 0.0741. The highest BCUT2D eigenvalue weighted by Crippen LogP contribution is 2.18. The number of carbonyl (C=O) groups excluding carboxylic acids is 1. The van der Waals surface area contributed by atoms with Crippen molar-refractivity contribution in [1.29, 1.82) is 0 Å². The Labute approximate surface area is 120 Å². The monoisotopic (exact) mass is 292 g/mol. The summed E-state index contributed by atoms with van der Waals surface area (Å²) >= 11 is 1.21. The third-order valence-electron chi connectivity index (χ3n) is 2.84. The molecular formula is C13H16N4O2S. The largest absolute Gasteiger partial charge is 0.343 e. The first-order valence-electron chi connectivity index (χ1n) is 6.08. The van der Waals surface area contributed by atoms with Gasteiger partial charge in [0.15, 0.2) is 5.16 Å². The SMILES string of the molecule is Cc1ccc(C)c(NC(=O)CSc2n[nH]c(=O)n2C)c1. The van der Waals surface area contributed by atoms with Crippen molar-refractivity contribution >= 4 is 23.4 Å². The highest BCUT2D eigenvalue weighted by atomic mass is 32.2. The summed E-state index contributed by atoms with van der Waals surface area (Å²) < 4.78 is 1.37. The van der Waals surface area contributed by atoms with Crippen LogP contribution in [0.3, 0.4) is 0 Å². The quantitative estimate of drug-likeness (QED) is 0.836. The molecule has 0 atom stereocenters. The molecule has 0 aliphatic rings. The Bertz CT molecular complexity index is 690. The summed E-state index contributed by atoms with van der Waals surface area (Å²) in [7, 11) is 1.61. The van der Waals surface area contributed by atoms with Gasteiger partial charge in [-0.05, 0) is 31.0 Å². The fraction of sp³-hybridized carbons (Fsp3) is 0.308. The summed E-state index contributed by atoms with van der Waals surface area (Å²) in [4.78, 5) is 23.1. The van der Waals surface area contributed by atoms with Gasteiger partial charge in [0.2, 0.25) is 5.91 Å². The molecule has 0 saturated carbocycles. The van der Waals surface area contributed by atoms with Gasteiger partial charge >= 0.3 is 5.69 Å². The molecule has 2 aromatic rings. The van der Waals surface area contributed by atoms with Gasteiger partial charge in [-0.25, -0.2) is 9.89 Å². The van der Waals surface area contributed by atoms with Crippen LogP contribution >= 0.6 is 11.8 Å². The van der Waals surface area contributed by atoms with Gasteiger partial charge in [0.1, 0.15) is 0 Å². The van der Waals surface area contributed by atoms with Gasteiger partial charge < -0.3 is 5.32 Å². The number of aromatic amines is 1. The van der Waals surface area contributed by atoms with Crippen molar-refractivity contribution in [2.24, 2.45) is 7.05 Å². The van der Waals surface area contributed by atoms with E-state index in [9.17, 15) is 9.59 Å². The minimum atomic E-state index is -0.289. The van der Waals surface area contributed by atoms with Crippen LogP contribution in [-0.2, 0) is 11.8 Å². The first-order valence-corrected chi connectivity index (χ1v) is 7.07. The van der Waals surface area contributed by atoms with E-state index in [0.717, 1.165) is 16.8 Å². The lowest BCUT2D eigenvalue weighted by atomic mass is 10.1. The first-order chi connectivity index (χ1) is 9.47. The van der Waals surface area contributed by atoms with Crippen molar-refractivity contribution < 1.29 is 4.79 Å². The van der Waals surface area contributed by atoms with Crippen molar-refractivity contribution in [3.63, 3.8) is 0 Å². The van der Waals surface area contributed by atoms with Gasteiger partial charge in [0, 0.05) is 12.7 Å². The number of anilines is 1. The van der Waals surface area contributed by atoms with Gasteiger partial charge in [-0.1, -0.05) is 23.9 Å². The molecule has 0 radical (unpaired) electrons. The van der Waals surface area contributed by atoms with Crippen LogP contribution in [0.15, 0.2) is 28.2 Å². The maximum Gasteiger partial charge on any atom is 0.343 e. The van der Waals surface area contributed by atoms with Gasteiger partial charge in [-0.3, -0.25) is 9.36 Å². The number of amides is 1. The van der Waals surface area contributed by atoms with E-state index in [0.29, 0.717) is 5.16 Å². The second-order valence-corrected chi connectivity index (χ2v) is 5.47. The number of thioether (sulfide) groups is 1. The fourth-order valence-corrected chi connectivity index (χ4v) is 2.37. The van der Waals surface area contributed by atoms with Gasteiger partial charge in [-0.15, -0.1) is 5.10 Å². The number of nitrogens with one attached hydrogen (secondary N) is 2. The normalized spacial score (nSPS) is 10.6. The summed E-state index contributed by atoms with van der Waals surface area (Å²) in [6.45, 7) is 3.92. The van der Waals surface area contributed by atoms with Crippen molar-refractivity contribution in [2.45, 2.75) is 19.0 Å². The third-order valence-corrected chi connectivity index (χ3v) is 3.87. The maximum atomic E-state index is 11.9. The van der Waals surface area contributed by atoms with E-state index in [1.165, 1.54) is 16.3 Å². The number of H-pyrrole nitrogens is 1. The lowest BCUT2D eigenvalue weighted by molar-refractivity contribution is -0.113. The van der Waals surface area contributed by atoms with Gasteiger partial charge in [0.25, 0.3) is 0 Å². The zero-order chi connectivity index (χ0) is 14.7. The summed E-state index contributed by atoms with van der Waals surface area (Å²) in [6.07, 6.45) is 0. The second-order valence-electron chi connectivity index (χ2n) is 4.53. The number of benzene rings is 1. The predicted octanol–water partition coefficient (Wildman–Crippen LogP) is 1.46. The molecule has 1 aromatic carbocycles. The highest BCUT2D eigenvalue weighted by Gasteiger charge is 2.09. The number of aryl methyl sites for hydroxylation is 2. The molecule has 6 nitrogen and oxygen atoms in total. The fourth-order valence-electron chi connectivity index (χ4n) is 1.65. The minimum Gasteiger partial charge on any atom is -0.325 e. The number of hydrogen-bond donors (Lipinski definition) is 2. The van der Waals surface area contributed by atoms with E-state index in [2.05, 4.69) is 15.5 Å². The Morgan fingerprint density at radius 3 is 2.85 bits per heavy atom. The zero-order valence-corrected chi connectivity index (χ0v) is 12.4. The summed E-state index contributed by atoms with van der Waals surface area (Å²) in [5, 5.41) is 9.52.